The first-order valence-electron chi connectivity index (χ1n) is 4.53. The largest absolute Gasteiger partial charge is 0.392 e. The molecule has 0 saturated carbocycles. The maximum absolute atomic E-state index is 8.96. The van der Waals surface area contributed by atoms with Crippen molar-refractivity contribution < 1.29 is 5.11 Å². The Hall–Kier alpha value is -0.970. The third-order valence-corrected chi connectivity index (χ3v) is 3.13. The molecule has 1 aromatic carbocycles. The van der Waals surface area contributed by atoms with E-state index in [0.717, 1.165) is 27.2 Å². The van der Waals surface area contributed by atoms with Crippen LogP contribution in [0.4, 0.5) is 0 Å². The van der Waals surface area contributed by atoms with Gasteiger partial charge in [0.25, 0.3) is 0 Å². The molecule has 0 aliphatic heterocycles. The normalized spacial score (nSPS) is 11.0. The van der Waals surface area contributed by atoms with Gasteiger partial charge >= 0.3 is 0 Å². The van der Waals surface area contributed by atoms with Gasteiger partial charge in [-0.2, -0.15) is 0 Å². The lowest BCUT2D eigenvalue weighted by molar-refractivity contribution is 0.282. The van der Waals surface area contributed by atoms with Crippen molar-refractivity contribution in [2.75, 3.05) is 6.54 Å². The van der Waals surface area contributed by atoms with Crippen molar-refractivity contribution in [3.8, 4) is 0 Å². The van der Waals surface area contributed by atoms with E-state index in [1.807, 2.05) is 18.2 Å². The summed E-state index contributed by atoms with van der Waals surface area (Å²) in [4.78, 5) is 4.44. The Morgan fingerprint density at radius 2 is 2.29 bits per heavy atom. The topological polar surface area (TPSA) is 59.1 Å². The van der Waals surface area contributed by atoms with Gasteiger partial charge in [0.2, 0.25) is 0 Å². The lowest BCUT2D eigenvalue weighted by atomic mass is 10.2. The van der Waals surface area contributed by atoms with E-state index in [2.05, 4.69) is 4.98 Å². The summed E-state index contributed by atoms with van der Waals surface area (Å²) < 4.78 is 1.16. The number of rotatable bonds is 3. The van der Waals surface area contributed by atoms with Crippen molar-refractivity contribution in [1.29, 1.82) is 0 Å². The van der Waals surface area contributed by atoms with Crippen molar-refractivity contribution in [3.63, 3.8) is 0 Å². The number of nitrogens with zero attached hydrogens (tertiary/aromatic N) is 1. The maximum Gasteiger partial charge on any atom is 0.0951 e. The van der Waals surface area contributed by atoms with E-state index in [9.17, 15) is 0 Å². The Labute approximate surface area is 86.2 Å². The molecule has 0 spiro atoms. The number of nitrogens with two attached hydrogens (primary N) is 1. The predicted octanol–water partition coefficient (Wildman–Crippen LogP) is 1.29. The van der Waals surface area contributed by atoms with Crippen LogP contribution >= 0.6 is 11.3 Å². The first-order valence-corrected chi connectivity index (χ1v) is 5.34. The number of hydrogen-bond acceptors (Lipinski definition) is 4. The molecule has 2 aromatic rings. The zero-order valence-corrected chi connectivity index (χ0v) is 8.55. The van der Waals surface area contributed by atoms with Crippen LogP contribution in [0.15, 0.2) is 18.2 Å². The van der Waals surface area contributed by atoms with Gasteiger partial charge in [-0.15, -0.1) is 11.3 Å². The van der Waals surface area contributed by atoms with Crippen LogP contribution in [-0.2, 0) is 13.0 Å². The van der Waals surface area contributed by atoms with Gasteiger partial charge in [0.15, 0.2) is 0 Å². The summed E-state index contributed by atoms with van der Waals surface area (Å²) in [5, 5.41) is 10.0. The molecule has 4 heteroatoms. The van der Waals surface area contributed by atoms with Crippen LogP contribution in [0.5, 0.6) is 0 Å². The van der Waals surface area contributed by atoms with Gasteiger partial charge in [-0.05, 0) is 24.2 Å². The van der Waals surface area contributed by atoms with Crippen molar-refractivity contribution in [1.82, 2.24) is 4.98 Å². The molecular weight excluding hydrogens is 196 g/mol. The summed E-state index contributed by atoms with van der Waals surface area (Å²) in [6.45, 7) is 0.701. The van der Waals surface area contributed by atoms with E-state index in [-0.39, 0.29) is 6.61 Å². The molecule has 1 heterocycles. The Morgan fingerprint density at radius 1 is 1.43 bits per heavy atom. The molecule has 3 N–H and O–H groups in total. The first-order chi connectivity index (χ1) is 6.83. The predicted molar refractivity (Wildman–Crippen MR) is 58.3 cm³/mol. The van der Waals surface area contributed by atoms with Gasteiger partial charge in [0.05, 0.1) is 21.8 Å². The monoisotopic (exact) mass is 208 g/mol. The molecule has 0 radical (unpaired) electrons. The Balaban J connectivity index is 2.43. The molecule has 0 aliphatic rings. The third-order valence-electron chi connectivity index (χ3n) is 2.04. The van der Waals surface area contributed by atoms with Crippen LogP contribution in [-0.4, -0.2) is 16.6 Å². The summed E-state index contributed by atoms with van der Waals surface area (Å²) in [6.07, 6.45) is 0.827. The zero-order chi connectivity index (χ0) is 9.97. The summed E-state index contributed by atoms with van der Waals surface area (Å²) in [5.74, 6) is 0. The van der Waals surface area contributed by atoms with E-state index in [1.54, 1.807) is 11.3 Å². The molecule has 74 valence electrons. The second kappa shape index (κ2) is 4.04. The molecule has 0 saturated heterocycles. The highest BCUT2D eigenvalue weighted by molar-refractivity contribution is 7.18. The van der Waals surface area contributed by atoms with Crippen molar-refractivity contribution in [2.45, 2.75) is 13.0 Å². The highest BCUT2D eigenvalue weighted by Crippen LogP contribution is 2.23. The van der Waals surface area contributed by atoms with E-state index in [4.69, 9.17) is 10.8 Å². The van der Waals surface area contributed by atoms with Crippen LogP contribution in [0.3, 0.4) is 0 Å². The van der Waals surface area contributed by atoms with E-state index in [0.29, 0.717) is 6.54 Å². The summed E-state index contributed by atoms with van der Waals surface area (Å²) in [5.41, 5.74) is 7.33. The van der Waals surface area contributed by atoms with Gasteiger partial charge in [0.1, 0.15) is 0 Å². The maximum atomic E-state index is 8.96. The zero-order valence-electron chi connectivity index (χ0n) is 7.73. The Morgan fingerprint density at radius 3 is 3.00 bits per heavy atom. The van der Waals surface area contributed by atoms with Gasteiger partial charge in [-0.1, -0.05) is 6.07 Å². The molecule has 0 fully saturated rings. The average Bonchev–Trinajstić information content (AvgIpc) is 2.59. The minimum Gasteiger partial charge on any atom is -0.392 e. The van der Waals surface area contributed by atoms with E-state index in [1.165, 1.54) is 0 Å². The molecule has 2 rings (SSSR count). The van der Waals surface area contributed by atoms with E-state index >= 15 is 0 Å². The smallest absolute Gasteiger partial charge is 0.0951 e. The fourth-order valence-electron chi connectivity index (χ4n) is 1.35. The molecule has 0 aliphatic carbocycles. The minimum atomic E-state index is 0.0691. The first kappa shape index (κ1) is 9.58. The van der Waals surface area contributed by atoms with Crippen LogP contribution in [0.2, 0.25) is 0 Å². The Kier molecular flexibility index (Phi) is 2.77. The summed E-state index contributed by atoms with van der Waals surface area (Å²) in [6, 6.07) is 5.84. The molecular formula is C10H12N2OS. The second-order valence-electron chi connectivity index (χ2n) is 3.11. The summed E-state index contributed by atoms with van der Waals surface area (Å²) in [7, 11) is 0. The number of thiazole rings is 1. The van der Waals surface area contributed by atoms with Crippen molar-refractivity contribution in [3.05, 3.63) is 28.8 Å². The minimum absolute atomic E-state index is 0.0691. The van der Waals surface area contributed by atoms with Gasteiger partial charge in [-0.25, -0.2) is 4.98 Å². The Bertz CT molecular complexity index is 439. The summed E-state index contributed by atoms with van der Waals surface area (Å²) >= 11 is 1.67. The van der Waals surface area contributed by atoms with Gasteiger partial charge in [-0.3, -0.25) is 0 Å². The van der Waals surface area contributed by atoms with Crippen LogP contribution in [0, 0.1) is 0 Å². The van der Waals surface area contributed by atoms with Crippen LogP contribution in [0.25, 0.3) is 10.2 Å². The van der Waals surface area contributed by atoms with Crippen molar-refractivity contribution in [2.24, 2.45) is 5.73 Å². The lowest BCUT2D eigenvalue weighted by Gasteiger charge is -1.93. The molecule has 0 bridgehead atoms. The molecule has 0 atom stereocenters. The third kappa shape index (κ3) is 1.77. The van der Waals surface area contributed by atoms with Crippen LogP contribution < -0.4 is 5.73 Å². The molecule has 0 unspecified atom stereocenters. The standard InChI is InChI=1S/C10H12N2OS/c11-4-3-10-12-8-5-7(6-13)1-2-9(8)14-10/h1-2,5,13H,3-4,6,11H2. The second-order valence-corrected chi connectivity index (χ2v) is 4.22. The van der Waals surface area contributed by atoms with Gasteiger partial charge < -0.3 is 10.8 Å². The number of aliphatic hydroxyl groups is 1. The quantitative estimate of drug-likeness (QED) is 0.799. The number of hydrogen-bond donors (Lipinski definition) is 2. The van der Waals surface area contributed by atoms with Crippen LogP contribution in [0.1, 0.15) is 10.6 Å². The molecule has 0 amide bonds. The molecule has 14 heavy (non-hydrogen) atoms. The highest BCUT2D eigenvalue weighted by Gasteiger charge is 2.03. The average molecular weight is 208 g/mol. The number of aliphatic hydroxyl groups excluding tert-OH is 1. The molecule has 1 aromatic heterocycles. The number of fused-ring (bicyclic) bond motifs is 1. The van der Waals surface area contributed by atoms with E-state index < -0.39 is 0 Å². The fourth-order valence-corrected chi connectivity index (χ4v) is 2.31. The highest BCUT2D eigenvalue weighted by atomic mass is 32.1. The van der Waals surface area contributed by atoms with Gasteiger partial charge in [0, 0.05) is 6.42 Å². The number of benzene rings is 1. The molecule has 3 nitrogen and oxygen atoms in total. The lowest BCUT2D eigenvalue weighted by Crippen LogP contribution is -2.01. The number of aromatic nitrogens is 1. The fraction of sp³-hybridized carbons (Fsp3) is 0.300. The SMILES string of the molecule is NCCc1nc2cc(CO)ccc2s1. The van der Waals surface area contributed by atoms with Crippen molar-refractivity contribution >= 4 is 21.6 Å².